The Bertz CT molecular complexity index is 616. The molecule has 0 spiro atoms. The maximum atomic E-state index is 13.9. The number of halogens is 2. The summed E-state index contributed by atoms with van der Waals surface area (Å²) in [4.78, 5) is 10.7. The van der Waals surface area contributed by atoms with E-state index in [1.807, 2.05) is 0 Å². The smallest absolute Gasteiger partial charge is 0.335 e. The van der Waals surface area contributed by atoms with Crippen LogP contribution in [0.1, 0.15) is 21.5 Å². The van der Waals surface area contributed by atoms with Gasteiger partial charge in [0.05, 0.1) is 5.56 Å². The van der Waals surface area contributed by atoms with Crippen LogP contribution in [0.25, 0.3) is 11.7 Å². The van der Waals surface area contributed by atoms with Crippen LogP contribution in [0.4, 0.5) is 8.78 Å². The molecule has 0 saturated heterocycles. The largest absolute Gasteiger partial charge is 0.478 e. The normalized spacial score (nSPS) is 11.9. The van der Waals surface area contributed by atoms with Gasteiger partial charge < -0.3 is 5.11 Å². The molecule has 0 radical (unpaired) electrons. The number of aromatic carboxylic acids is 1. The second kappa shape index (κ2) is 5.44. The number of carboxylic acid groups (broad SMARTS) is 1. The first kappa shape index (κ1) is 13.0. The van der Waals surface area contributed by atoms with Crippen LogP contribution in [0.5, 0.6) is 0 Å². The van der Waals surface area contributed by atoms with Crippen molar-refractivity contribution in [2.24, 2.45) is 0 Å². The van der Waals surface area contributed by atoms with Crippen molar-refractivity contribution >= 4 is 17.6 Å². The topological polar surface area (TPSA) is 37.3 Å². The number of carboxylic acids is 1. The molecular formula is C15H10F2O2. The zero-order chi connectivity index (χ0) is 13.8. The molecule has 0 aliphatic heterocycles. The maximum Gasteiger partial charge on any atom is 0.335 e. The Morgan fingerprint density at radius 2 is 1.16 bits per heavy atom. The molecule has 0 heterocycles. The highest BCUT2D eigenvalue weighted by molar-refractivity contribution is 5.89. The number of carbonyl (C=O) groups is 1. The van der Waals surface area contributed by atoms with E-state index in [0.717, 1.165) is 0 Å². The average Bonchev–Trinajstić information content (AvgIpc) is 2.46. The van der Waals surface area contributed by atoms with Gasteiger partial charge in [-0.3, -0.25) is 0 Å². The molecule has 4 heteroatoms. The van der Waals surface area contributed by atoms with Crippen molar-refractivity contribution in [2.45, 2.75) is 0 Å². The zero-order valence-electron chi connectivity index (χ0n) is 9.81. The van der Waals surface area contributed by atoms with Crippen LogP contribution in [0.3, 0.4) is 0 Å². The standard InChI is InChI=1S/C15H10F2O2/c16-13(10-4-2-1-3-5-10)14(17)11-6-8-12(9-7-11)15(18)19/h1-9H,(H,18,19)/b14-13+. The molecule has 0 amide bonds. The first-order valence-corrected chi connectivity index (χ1v) is 5.54. The van der Waals surface area contributed by atoms with Gasteiger partial charge in [0.1, 0.15) is 0 Å². The molecule has 2 aromatic carbocycles. The Labute approximate surface area is 108 Å². The third-order valence-electron chi connectivity index (χ3n) is 2.61. The van der Waals surface area contributed by atoms with Crippen molar-refractivity contribution in [1.82, 2.24) is 0 Å². The Kier molecular flexibility index (Phi) is 3.71. The SMILES string of the molecule is O=C(O)c1ccc(/C(F)=C(\F)c2ccccc2)cc1. The fraction of sp³-hybridized carbons (Fsp3) is 0. The summed E-state index contributed by atoms with van der Waals surface area (Å²) >= 11 is 0. The lowest BCUT2D eigenvalue weighted by Crippen LogP contribution is -1.95. The van der Waals surface area contributed by atoms with Crippen molar-refractivity contribution in [3.05, 3.63) is 71.3 Å². The number of rotatable bonds is 3. The lowest BCUT2D eigenvalue weighted by Gasteiger charge is -2.02. The van der Waals surface area contributed by atoms with Crippen LogP contribution in [0.15, 0.2) is 54.6 Å². The van der Waals surface area contributed by atoms with E-state index in [-0.39, 0.29) is 16.7 Å². The number of hydrogen-bond acceptors (Lipinski definition) is 1. The molecule has 0 fully saturated rings. The van der Waals surface area contributed by atoms with E-state index in [4.69, 9.17) is 5.11 Å². The molecule has 0 atom stereocenters. The van der Waals surface area contributed by atoms with Gasteiger partial charge in [-0.05, 0) is 12.1 Å². The van der Waals surface area contributed by atoms with E-state index < -0.39 is 17.6 Å². The van der Waals surface area contributed by atoms with E-state index in [0.29, 0.717) is 0 Å². The summed E-state index contributed by atoms with van der Waals surface area (Å²) in [5.74, 6) is -3.09. The molecule has 2 nitrogen and oxygen atoms in total. The summed E-state index contributed by atoms with van der Waals surface area (Å²) in [6.45, 7) is 0. The summed E-state index contributed by atoms with van der Waals surface area (Å²) in [5.41, 5.74) is 0.172. The Morgan fingerprint density at radius 1 is 0.737 bits per heavy atom. The van der Waals surface area contributed by atoms with Gasteiger partial charge in [0, 0.05) is 11.1 Å². The molecule has 2 rings (SSSR count). The molecule has 0 unspecified atom stereocenters. The van der Waals surface area contributed by atoms with Gasteiger partial charge in [-0.2, -0.15) is 0 Å². The zero-order valence-corrected chi connectivity index (χ0v) is 9.81. The first-order valence-electron chi connectivity index (χ1n) is 5.54. The van der Waals surface area contributed by atoms with Crippen molar-refractivity contribution in [2.75, 3.05) is 0 Å². The highest BCUT2D eigenvalue weighted by Gasteiger charge is 2.11. The van der Waals surface area contributed by atoms with E-state index in [1.165, 1.54) is 36.4 Å². The Hall–Kier alpha value is -2.49. The molecule has 2 aromatic rings. The number of benzene rings is 2. The Morgan fingerprint density at radius 3 is 1.63 bits per heavy atom. The summed E-state index contributed by atoms with van der Waals surface area (Å²) in [7, 11) is 0. The summed E-state index contributed by atoms with van der Waals surface area (Å²) < 4.78 is 27.8. The summed E-state index contributed by atoms with van der Waals surface area (Å²) in [6.07, 6.45) is 0. The van der Waals surface area contributed by atoms with E-state index in [2.05, 4.69) is 0 Å². The third kappa shape index (κ3) is 2.85. The molecule has 0 bridgehead atoms. The summed E-state index contributed by atoms with van der Waals surface area (Å²) in [5, 5.41) is 8.72. The van der Waals surface area contributed by atoms with E-state index in [1.54, 1.807) is 18.2 Å². The van der Waals surface area contributed by atoms with Gasteiger partial charge >= 0.3 is 5.97 Å². The predicted octanol–water partition coefficient (Wildman–Crippen LogP) is 4.15. The predicted molar refractivity (Wildman–Crippen MR) is 68.9 cm³/mol. The monoisotopic (exact) mass is 260 g/mol. The van der Waals surface area contributed by atoms with Crippen LogP contribution >= 0.6 is 0 Å². The average molecular weight is 260 g/mol. The van der Waals surface area contributed by atoms with Crippen molar-refractivity contribution in [3.8, 4) is 0 Å². The van der Waals surface area contributed by atoms with Crippen LogP contribution in [-0.4, -0.2) is 11.1 Å². The lowest BCUT2D eigenvalue weighted by atomic mass is 10.1. The molecular weight excluding hydrogens is 250 g/mol. The van der Waals surface area contributed by atoms with Gasteiger partial charge in [-0.15, -0.1) is 0 Å². The van der Waals surface area contributed by atoms with Crippen LogP contribution < -0.4 is 0 Å². The van der Waals surface area contributed by atoms with Crippen LogP contribution in [0, 0.1) is 0 Å². The second-order valence-corrected chi connectivity index (χ2v) is 3.88. The van der Waals surface area contributed by atoms with E-state index >= 15 is 0 Å². The van der Waals surface area contributed by atoms with E-state index in [9.17, 15) is 13.6 Å². The van der Waals surface area contributed by atoms with Crippen molar-refractivity contribution < 1.29 is 18.7 Å². The fourth-order valence-electron chi connectivity index (χ4n) is 1.60. The second-order valence-electron chi connectivity index (χ2n) is 3.88. The minimum Gasteiger partial charge on any atom is -0.478 e. The molecule has 0 aromatic heterocycles. The maximum absolute atomic E-state index is 13.9. The third-order valence-corrected chi connectivity index (χ3v) is 2.61. The molecule has 0 aliphatic carbocycles. The molecule has 0 aliphatic rings. The Balaban J connectivity index is 2.38. The summed E-state index contributed by atoms with van der Waals surface area (Å²) in [6, 6.07) is 12.8. The fourth-order valence-corrected chi connectivity index (χ4v) is 1.60. The molecule has 0 saturated carbocycles. The minimum atomic E-state index is -1.11. The highest BCUT2D eigenvalue weighted by Crippen LogP contribution is 2.28. The van der Waals surface area contributed by atoms with Crippen LogP contribution in [-0.2, 0) is 0 Å². The van der Waals surface area contributed by atoms with Gasteiger partial charge in [0.2, 0.25) is 0 Å². The van der Waals surface area contributed by atoms with Gasteiger partial charge in [0.25, 0.3) is 0 Å². The van der Waals surface area contributed by atoms with Crippen molar-refractivity contribution in [1.29, 1.82) is 0 Å². The highest BCUT2D eigenvalue weighted by atomic mass is 19.2. The lowest BCUT2D eigenvalue weighted by molar-refractivity contribution is 0.0697. The van der Waals surface area contributed by atoms with Gasteiger partial charge in [-0.25, -0.2) is 13.6 Å². The van der Waals surface area contributed by atoms with Crippen molar-refractivity contribution in [3.63, 3.8) is 0 Å². The molecule has 1 N–H and O–H groups in total. The minimum absolute atomic E-state index is 0.00588. The molecule has 19 heavy (non-hydrogen) atoms. The van der Waals surface area contributed by atoms with Gasteiger partial charge in [-0.1, -0.05) is 42.5 Å². The van der Waals surface area contributed by atoms with Crippen LogP contribution in [0.2, 0.25) is 0 Å². The van der Waals surface area contributed by atoms with Gasteiger partial charge in [0.15, 0.2) is 11.7 Å². The first-order chi connectivity index (χ1) is 9.09. The number of hydrogen-bond donors (Lipinski definition) is 1. The molecule has 96 valence electrons. The quantitative estimate of drug-likeness (QED) is 0.842.